The molecule has 1 fully saturated rings. The van der Waals surface area contributed by atoms with Crippen molar-refractivity contribution in [3.05, 3.63) is 29.6 Å². The molecule has 1 aliphatic heterocycles. The van der Waals surface area contributed by atoms with E-state index in [1.165, 1.54) is 0 Å². The molecule has 0 radical (unpaired) electrons. The summed E-state index contributed by atoms with van der Waals surface area (Å²) in [6.45, 7) is 0.132. The molecule has 1 aromatic rings. The highest BCUT2D eigenvalue weighted by atomic mass is 19.4. The first-order valence-corrected chi connectivity index (χ1v) is 5.53. The summed E-state index contributed by atoms with van der Waals surface area (Å²) in [5.41, 5.74) is -0.102. The van der Waals surface area contributed by atoms with E-state index < -0.39 is 24.0 Å². The lowest BCUT2D eigenvalue weighted by Gasteiger charge is -2.23. The van der Waals surface area contributed by atoms with E-state index in [4.69, 9.17) is 4.74 Å². The number of Topliss-reactive ketones (excluding diaryl/α,β-unsaturated/α-hetero) is 1. The summed E-state index contributed by atoms with van der Waals surface area (Å²) in [6.07, 6.45) is -5.53. The Hall–Kier alpha value is -1.63. The molecule has 0 amide bonds. The van der Waals surface area contributed by atoms with Crippen molar-refractivity contribution in [3.63, 3.8) is 0 Å². The first kappa shape index (κ1) is 13.8. The smallest absolute Gasteiger partial charge is 0.406 e. The lowest BCUT2D eigenvalue weighted by Crippen LogP contribution is -2.21. The van der Waals surface area contributed by atoms with Gasteiger partial charge in [0.25, 0.3) is 0 Å². The molecule has 1 atom stereocenters. The van der Waals surface area contributed by atoms with Crippen LogP contribution in [0.15, 0.2) is 18.2 Å². The van der Waals surface area contributed by atoms with Crippen molar-refractivity contribution in [2.45, 2.75) is 25.3 Å². The van der Waals surface area contributed by atoms with Crippen molar-refractivity contribution in [2.75, 3.05) is 6.61 Å². The molecule has 0 bridgehead atoms. The van der Waals surface area contributed by atoms with E-state index in [0.717, 1.165) is 18.2 Å². The fraction of sp³-hybridized carbons (Fsp3) is 0.417. The number of ketones is 1. The summed E-state index contributed by atoms with van der Waals surface area (Å²) >= 11 is 0. The normalized spacial score (nSPS) is 20.4. The molecule has 1 saturated heterocycles. The van der Waals surface area contributed by atoms with E-state index >= 15 is 0 Å². The van der Waals surface area contributed by atoms with E-state index in [0.29, 0.717) is 0 Å². The Morgan fingerprint density at radius 3 is 2.68 bits per heavy atom. The topological polar surface area (TPSA) is 35.5 Å². The van der Waals surface area contributed by atoms with Crippen LogP contribution in [0.2, 0.25) is 0 Å². The van der Waals surface area contributed by atoms with Gasteiger partial charge in [-0.25, -0.2) is 4.39 Å². The quantitative estimate of drug-likeness (QED) is 0.780. The summed E-state index contributed by atoms with van der Waals surface area (Å²) in [4.78, 5) is 11.3. The number of rotatable bonds is 2. The molecule has 0 N–H and O–H groups in total. The Balaban J connectivity index is 2.24. The molecule has 1 heterocycles. The predicted octanol–water partition coefficient (Wildman–Crippen LogP) is 3.14. The zero-order chi connectivity index (χ0) is 14.0. The molecule has 7 heteroatoms. The Morgan fingerprint density at radius 1 is 1.32 bits per heavy atom. The third kappa shape index (κ3) is 3.66. The molecular formula is C12H10F4O3. The molecule has 1 unspecified atom stereocenters. The van der Waals surface area contributed by atoms with Gasteiger partial charge in [0.1, 0.15) is 17.3 Å². The maximum absolute atomic E-state index is 13.6. The van der Waals surface area contributed by atoms with Gasteiger partial charge >= 0.3 is 6.36 Å². The summed E-state index contributed by atoms with van der Waals surface area (Å²) in [5, 5.41) is 0. The minimum absolute atomic E-state index is 0.0492. The van der Waals surface area contributed by atoms with Crippen molar-refractivity contribution in [1.29, 1.82) is 0 Å². The second-order valence-electron chi connectivity index (χ2n) is 4.08. The summed E-state index contributed by atoms with van der Waals surface area (Å²) in [7, 11) is 0. The van der Waals surface area contributed by atoms with Gasteiger partial charge in [0.15, 0.2) is 0 Å². The third-order valence-corrected chi connectivity index (χ3v) is 2.66. The van der Waals surface area contributed by atoms with Crippen LogP contribution in [0, 0.1) is 5.82 Å². The van der Waals surface area contributed by atoms with Crippen LogP contribution in [0.25, 0.3) is 0 Å². The van der Waals surface area contributed by atoms with Crippen LogP contribution in [0.3, 0.4) is 0 Å². The summed E-state index contributed by atoms with van der Waals surface area (Å²) in [6, 6.07) is 2.64. The number of ether oxygens (including phenoxy) is 2. The molecule has 1 aliphatic rings. The fourth-order valence-corrected chi connectivity index (χ4v) is 1.85. The maximum atomic E-state index is 13.6. The fourth-order valence-electron chi connectivity index (χ4n) is 1.85. The van der Waals surface area contributed by atoms with Gasteiger partial charge in [-0.3, -0.25) is 4.79 Å². The highest BCUT2D eigenvalue weighted by Gasteiger charge is 2.32. The molecule has 0 aromatic heterocycles. The standard InChI is InChI=1S/C12H10F4O3/c13-10-2-1-8(19-12(14,15)16)6-9(10)11-5-7(17)3-4-18-11/h1-2,6,11H,3-5H2. The Labute approximate surface area is 106 Å². The summed E-state index contributed by atoms with van der Waals surface area (Å²) in [5.74, 6) is -1.38. The van der Waals surface area contributed by atoms with Gasteiger partial charge in [-0.05, 0) is 18.2 Å². The number of halogens is 4. The predicted molar refractivity (Wildman–Crippen MR) is 56.0 cm³/mol. The third-order valence-electron chi connectivity index (χ3n) is 2.66. The van der Waals surface area contributed by atoms with E-state index in [-0.39, 0.29) is 30.8 Å². The lowest BCUT2D eigenvalue weighted by atomic mass is 10.00. The van der Waals surface area contributed by atoms with Crippen LogP contribution in [-0.4, -0.2) is 18.8 Å². The highest BCUT2D eigenvalue weighted by Crippen LogP contribution is 2.32. The molecule has 0 saturated carbocycles. The zero-order valence-corrected chi connectivity index (χ0v) is 9.67. The van der Waals surface area contributed by atoms with Gasteiger partial charge < -0.3 is 9.47 Å². The molecule has 19 heavy (non-hydrogen) atoms. The molecule has 0 aliphatic carbocycles. The van der Waals surface area contributed by atoms with Crippen molar-refractivity contribution >= 4 is 5.78 Å². The molecule has 104 valence electrons. The second-order valence-corrected chi connectivity index (χ2v) is 4.08. The molecule has 1 aromatic carbocycles. The van der Waals surface area contributed by atoms with E-state index in [2.05, 4.69) is 4.74 Å². The van der Waals surface area contributed by atoms with E-state index in [1.807, 2.05) is 0 Å². The molecule has 0 spiro atoms. The van der Waals surface area contributed by atoms with E-state index in [9.17, 15) is 22.4 Å². The molecule has 3 nitrogen and oxygen atoms in total. The molecule has 2 rings (SSSR count). The minimum Gasteiger partial charge on any atom is -0.406 e. The van der Waals surface area contributed by atoms with Gasteiger partial charge in [-0.1, -0.05) is 0 Å². The molecular weight excluding hydrogens is 268 g/mol. The number of carbonyl (C=O) groups is 1. The van der Waals surface area contributed by atoms with Gasteiger partial charge in [-0.2, -0.15) is 0 Å². The van der Waals surface area contributed by atoms with Gasteiger partial charge in [0.05, 0.1) is 12.7 Å². The Bertz CT molecular complexity index is 484. The second kappa shape index (κ2) is 5.16. The van der Waals surface area contributed by atoms with Crippen LogP contribution < -0.4 is 4.74 Å². The van der Waals surface area contributed by atoms with Crippen LogP contribution in [0.1, 0.15) is 24.5 Å². The first-order chi connectivity index (χ1) is 8.85. The van der Waals surface area contributed by atoms with Crippen molar-refractivity contribution in [3.8, 4) is 5.75 Å². The monoisotopic (exact) mass is 278 g/mol. The SMILES string of the molecule is O=C1CCOC(c2cc(OC(F)(F)F)ccc2F)C1. The van der Waals surface area contributed by atoms with E-state index in [1.54, 1.807) is 0 Å². The zero-order valence-electron chi connectivity index (χ0n) is 9.67. The van der Waals surface area contributed by atoms with Gasteiger partial charge in [0.2, 0.25) is 0 Å². The van der Waals surface area contributed by atoms with Crippen LogP contribution in [0.5, 0.6) is 5.75 Å². The van der Waals surface area contributed by atoms with Crippen LogP contribution in [-0.2, 0) is 9.53 Å². The average molecular weight is 278 g/mol. The number of carbonyl (C=O) groups excluding carboxylic acids is 1. The van der Waals surface area contributed by atoms with Crippen LogP contribution >= 0.6 is 0 Å². The lowest BCUT2D eigenvalue weighted by molar-refractivity contribution is -0.274. The highest BCUT2D eigenvalue weighted by molar-refractivity contribution is 5.79. The average Bonchev–Trinajstić information content (AvgIpc) is 2.30. The number of hydrogen-bond donors (Lipinski definition) is 0. The number of hydrogen-bond acceptors (Lipinski definition) is 3. The van der Waals surface area contributed by atoms with Crippen molar-refractivity contribution < 1.29 is 31.8 Å². The Morgan fingerprint density at radius 2 is 2.05 bits per heavy atom. The van der Waals surface area contributed by atoms with Crippen molar-refractivity contribution in [2.24, 2.45) is 0 Å². The van der Waals surface area contributed by atoms with Crippen LogP contribution in [0.4, 0.5) is 17.6 Å². The largest absolute Gasteiger partial charge is 0.573 e. The minimum atomic E-state index is -4.85. The summed E-state index contributed by atoms with van der Waals surface area (Å²) < 4.78 is 58.7. The van der Waals surface area contributed by atoms with Gasteiger partial charge in [0, 0.05) is 18.4 Å². The number of benzene rings is 1. The van der Waals surface area contributed by atoms with Crippen molar-refractivity contribution in [1.82, 2.24) is 0 Å². The number of alkyl halides is 3. The van der Waals surface area contributed by atoms with Gasteiger partial charge in [-0.15, -0.1) is 13.2 Å². The first-order valence-electron chi connectivity index (χ1n) is 5.53. The Kier molecular flexibility index (Phi) is 3.75. The maximum Gasteiger partial charge on any atom is 0.573 e.